The van der Waals surface area contributed by atoms with Crippen molar-refractivity contribution in [3.63, 3.8) is 0 Å². The van der Waals surface area contributed by atoms with Crippen LogP contribution in [0.25, 0.3) is 0 Å². The third kappa shape index (κ3) is 4.83. The maximum absolute atomic E-state index is 11.3. The van der Waals surface area contributed by atoms with E-state index in [0.29, 0.717) is 41.2 Å². The van der Waals surface area contributed by atoms with E-state index in [2.05, 4.69) is 4.90 Å². The van der Waals surface area contributed by atoms with E-state index in [1.165, 1.54) is 0 Å². The molecular weight excluding hydrogens is 429 g/mol. The van der Waals surface area contributed by atoms with Crippen molar-refractivity contribution in [2.75, 3.05) is 33.0 Å². The maximum Gasteiger partial charge on any atom is 0.307 e. The molecule has 0 saturated carbocycles. The number of carboxylic acid groups (broad SMARTS) is 1. The molecule has 0 spiro atoms. The van der Waals surface area contributed by atoms with Crippen LogP contribution in [0.15, 0.2) is 36.4 Å². The molecule has 160 valence electrons. The van der Waals surface area contributed by atoms with E-state index in [1.807, 2.05) is 12.1 Å². The van der Waals surface area contributed by atoms with E-state index in [0.717, 1.165) is 30.5 Å². The molecule has 4 rings (SSSR count). The standard InChI is InChI=1S/C22H23Cl2NO5/c23-15-3-5-19-17(10-15)21(18-11-16(24)4-6-20(18)30-13-29-19)28-9-8-25-7-1-2-14(12-25)22(26)27/h3-6,10-11,14,21H,1-2,7-9,12-13H2,(H,26,27). The lowest BCUT2D eigenvalue weighted by Crippen LogP contribution is -2.40. The molecule has 8 heteroatoms. The molecule has 0 bridgehead atoms. The fourth-order valence-corrected chi connectivity index (χ4v) is 4.34. The van der Waals surface area contributed by atoms with Gasteiger partial charge >= 0.3 is 5.97 Å². The van der Waals surface area contributed by atoms with Crippen molar-refractivity contribution in [2.45, 2.75) is 18.9 Å². The maximum atomic E-state index is 11.3. The largest absolute Gasteiger partial charge is 0.481 e. The third-order valence-electron chi connectivity index (χ3n) is 5.48. The lowest BCUT2D eigenvalue weighted by molar-refractivity contribution is -0.143. The van der Waals surface area contributed by atoms with Crippen molar-refractivity contribution in [2.24, 2.45) is 5.92 Å². The predicted molar refractivity (Wildman–Crippen MR) is 114 cm³/mol. The minimum absolute atomic E-state index is 0.0698. The number of likely N-dealkylation sites (tertiary alicyclic amines) is 1. The summed E-state index contributed by atoms with van der Waals surface area (Å²) in [7, 11) is 0. The number of piperidine rings is 1. The highest BCUT2D eigenvalue weighted by Crippen LogP contribution is 2.41. The molecule has 0 aliphatic carbocycles. The first-order valence-electron chi connectivity index (χ1n) is 9.92. The van der Waals surface area contributed by atoms with Crippen LogP contribution in [0.5, 0.6) is 11.5 Å². The topological polar surface area (TPSA) is 68.2 Å². The van der Waals surface area contributed by atoms with Crippen molar-refractivity contribution < 1.29 is 24.1 Å². The Morgan fingerprint density at radius 1 is 1.10 bits per heavy atom. The molecule has 1 N–H and O–H groups in total. The fourth-order valence-electron chi connectivity index (χ4n) is 3.97. The van der Waals surface area contributed by atoms with Gasteiger partial charge in [0.05, 0.1) is 12.5 Å². The fraction of sp³-hybridized carbons (Fsp3) is 0.409. The van der Waals surface area contributed by atoms with E-state index in [1.54, 1.807) is 24.3 Å². The molecule has 2 aliphatic heterocycles. The second kappa shape index (κ2) is 9.43. The van der Waals surface area contributed by atoms with Crippen LogP contribution in [-0.4, -0.2) is 49.0 Å². The van der Waals surface area contributed by atoms with Gasteiger partial charge in [0, 0.05) is 34.3 Å². The number of carboxylic acids is 1. The number of nitrogens with zero attached hydrogens (tertiary/aromatic N) is 1. The van der Waals surface area contributed by atoms with E-state index in [-0.39, 0.29) is 12.7 Å². The van der Waals surface area contributed by atoms with Gasteiger partial charge in [-0.2, -0.15) is 0 Å². The Hall–Kier alpha value is -1.99. The van der Waals surface area contributed by atoms with Crippen LogP contribution >= 0.6 is 23.2 Å². The monoisotopic (exact) mass is 451 g/mol. The van der Waals surface area contributed by atoms with Crippen LogP contribution in [0.1, 0.15) is 30.1 Å². The number of rotatable bonds is 5. The average molecular weight is 452 g/mol. The van der Waals surface area contributed by atoms with Gasteiger partial charge in [0.2, 0.25) is 6.79 Å². The van der Waals surface area contributed by atoms with Crippen LogP contribution < -0.4 is 9.47 Å². The highest BCUT2D eigenvalue weighted by atomic mass is 35.5. The van der Waals surface area contributed by atoms with Gasteiger partial charge in [0.1, 0.15) is 17.6 Å². The number of aliphatic carboxylic acids is 1. The van der Waals surface area contributed by atoms with E-state index < -0.39 is 12.1 Å². The Morgan fingerprint density at radius 3 is 2.33 bits per heavy atom. The summed E-state index contributed by atoms with van der Waals surface area (Å²) in [5.41, 5.74) is 1.60. The van der Waals surface area contributed by atoms with Gasteiger partial charge in [-0.15, -0.1) is 0 Å². The molecule has 0 aromatic heterocycles. The second-order valence-corrected chi connectivity index (χ2v) is 8.37. The van der Waals surface area contributed by atoms with E-state index >= 15 is 0 Å². The van der Waals surface area contributed by atoms with Crippen LogP contribution in [0.2, 0.25) is 10.0 Å². The minimum atomic E-state index is -0.734. The summed E-state index contributed by atoms with van der Waals surface area (Å²) in [6.07, 6.45) is 1.12. The van der Waals surface area contributed by atoms with Gasteiger partial charge in [-0.25, -0.2) is 0 Å². The lowest BCUT2D eigenvalue weighted by atomic mass is 9.98. The van der Waals surface area contributed by atoms with Crippen LogP contribution in [-0.2, 0) is 9.53 Å². The zero-order chi connectivity index (χ0) is 21.1. The molecule has 1 fully saturated rings. The summed E-state index contributed by atoms with van der Waals surface area (Å²) in [6, 6.07) is 10.8. The van der Waals surface area contributed by atoms with E-state index in [4.69, 9.17) is 37.4 Å². The molecule has 1 atom stereocenters. The Balaban J connectivity index is 1.56. The molecule has 30 heavy (non-hydrogen) atoms. The van der Waals surface area contributed by atoms with Gasteiger partial charge in [-0.05, 0) is 55.8 Å². The third-order valence-corrected chi connectivity index (χ3v) is 5.95. The second-order valence-electron chi connectivity index (χ2n) is 7.50. The molecule has 2 aromatic carbocycles. The molecule has 2 heterocycles. The Labute approximate surface area is 185 Å². The highest BCUT2D eigenvalue weighted by molar-refractivity contribution is 6.31. The summed E-state index contributed by atoms with van der Waals surface area (Å²) < 4.78 is 17.8. The quantitative estimate of drug-likeness (QED) is 0.714. The van der Waals surface area contributed by atoms with Gasteiger partial charge in [0.25, 0.3) is 0 Å². The number of hydrogen-bond donors (Lipinski definition) is 1. The number of fused-ring (bicyclic) bond motifs is 2. The number of halogens is 2. The summed E-state index contributed by atoms with van der Waals surface area (Å²) in [6.45, 7) is 2.53. The number of carbonyl (C=O) groups is 1. The highest BCUT2D eigenvalue weighted by Gasteiger charge is 2.28. The first-order chi connectivity index (χ1) is 14.5. The lowest BCUT2D eigenvalue weighted by Gasteiger charge is -2.31. The summed E-state index contributed by atoms with van der Waals surface area (Å²) >= 11 is 12.5. The van der Waals surface area contributed by atoms with Crippen molar-refractivity contribution in [1.82, 2.24) is 4.90 Å². The zero-order valence-electron chi connectivity index (χ0n) is 16.4. The molecule has 0 radical (unpaired) electrons. The van der Waals surface area contributed by atoms with Crippen LogP contribution in [0.4, 0.5) is 0 Å². The van der Waals surface area contributed by atoms with Gasteiger partial charge < -0.3 is 24.2 Å². The number of benzene rings is 2. The van der Waals surface area contributed by atoms with Gasteiger partial charge in [-0.3, -0.25) is 4.79 Å². The van der Waals surface area contributed by atoms with Crippen molar-refractivity contribution in [3.05, 3.63) is 57.6 Å². The zero-order valence-corrected chi connectivity index (χ0v) is 17.9. The van der Waals surface area contributed by atoms with Gasteiger partial charge in [-0.1, -0.05) is 23.2 Å². The van der Waals surface area contributed by atoms with Gasteiger partial charge in [0.15, 0.2) is 0 Å². The molecule has 1 unspecified atom stereocenters. The normalized spacial score (nSPS) is 19.6. The molecular formula is C22H23Cl2NO5. The Morgan fingerprint density at radius 2 is 1.73 bits per heavy atom. The number of hydrogen-bond acceptors (Lipinski definition) is 5. The van der Waals surface area contributed by atoms with Crippen molar-refractivity contribution in [1.29, 1.82) is 0 Å². The Bertz CT molecular complexity index is 869. The van der Waals surface area contributed by atoms with Crippen molar-refractivity contribution >= 4 is 29.2 Å². The Kier molecular flexibility index (Phi) is 6.68. The molecule has 2 aromatic rings. The molecule has 0 amide bonds. The summed E-state index contributed by atoms with van der Waals surface area (Å²) in [5.74, 6) is 0.223. The minimum Gasteiger partial charge on any atom is -0.481 e. The first-order valence-corrected chi connectivity index (χ1v) is 10.7. The van der Waals surface area contributed by atoms with Crippen LogP contribution in [0.3, 0.4) is 0 Å². The van der Waals surface area contributed by atoms with E-state index in [9.17, 15) is 9.90 Å². The summed E-state index contributed by atoms with van der Waals surface area (Å²) in [5, 5.41) is 10.5. The van der Waals surface area contributed by atoms with Crippen molar-refractivity contribution in [3.8, 4) is 11.5 Å². The SMILES string of the molecule is O=C(O)C1CCCN(CCOC2c3cc(Cl)ccc3OCOc3ccc(Cl)cc32)C1. The summed E-state index contributed by atoms with van der Waals surface area (Å²) in [4.78, 5) is 13.5. The first kappa shape index (κ1) is 21.2. The molecule has 6 nitrogen and oxygen atoms in total. The predicted octanol–water partition coefficient (Wildman–Crippen LogP) is 4.62. The smallest absolute Gasteiger partial charge is 0.307 e. The number of ether oxygens (including phenoxy) is 3. The van der Waals surface area contributed by atoms with Crippen LogP contribution in [0, 0.1) is 5.92 Å². The molecule has 1 saturated heterocycles. The average Bonchev–Trinajstić information content (AvgIpc) is 2.72. The molecule has 2 aliphatic rings.